The van der Waals surface area contributed by atoms with E-state index in [9.17, 15) is 44.7 Å². The molecule has 2 aromatic rings. The zero-order valence-electron chi connectivity index (χ0n) is 33.0. The van der Waals surface area contributed by atoms with Crippen molar-refractivity contribution in [2.45, 2.75) is 115 Å². The van der Waals surface area contributed by atoms with Crippen molar-refractivity contribution in [1.29, 1.82) is 0 Å². The molecule has 14 nitrogen and oxygen atoms in total. The molecule has 2 aromatic carbocycles. The van der Waals surface area contributed by atoms with Crippen LogP contribution in [0, 0.1) is 111 Å². The summed E-state index contributed by atoms with van der Waals surface area (Å²) < 4.78 is 23.0. The number of aliphatic hydroxyl groups is 5. The molecule has 1 saturated heterocycles. The summed E-state index contributed by atoms with van der Waals surface area (Å²) in [6, 6.07) is 15.6. The van der Waals surface area contributed by atoms with Crippen molar-refractivity contribution in [2.24, 2.45) is 22.7 Å². The fraction of sp³-hybridized carbons (Fsp3) is 0.561. The number of aliphatic hydroxyl groups excluding tert-OH is 3. The average Bonchev–Trinajstić information content (AvgIpc) is 3.15. The molecule has 2 radical (unpaired) electrons. The largest absolute Gasteiger partial charge is 0.456 e. The maximum Gasteiger partial charge on any atom is 0.407 e. The summed E-state index contributed by atoms with van der Waals surface area (Å²) in [6.07, 6.45) is -11.1. The van der Waals surface area contributed by atoms with Crippen LogP contribution in [0.4, 0.5) is 4.79 Å². The zero-order chi connectivity index (χ0) is 40.2. The van der Waals surface area contributed by atoms with Crippen molar-refractivity contribution >= 4 is 23.8 Å². The van der Waals surface area contributed by atoms with E-state index in [2.05, 4.69) is 5.32 Å². The van der Waals surface area contributed by atoms with Gasteiger partial charge in [-0.1, -0.05) is 76.2 Å². The minimum Gasteiger partial charge on any atom is -0.456 e. The monoisotopic (exact) mass is 1220 g/mol. The Bertz CT molecular complexity index is 1840. The smallest absolute Gasteiger partial charge is 0.407 e. The second-order valence-electron chi connectivity index (χ2n) is 16.5. The maximum absolute atomic E-state index is 14.7. The molecule has 0 aromatic heterocycles. The van der Waals surface area contributed by atoms with Gasteiger partial charge in [0, 0.05) is 112 Å². The quantitative estimate of drug-likeness (QED) is 0.121. The fourth-order valence-electron chi connectivity index (χ4n) is 9.24. The summed E-state index contributed by atoms with van der Waals surface area (Å²) in [5, 5.41) is 62.9. The first-order valence-electron chi connectivity index (χ1n) is 18.6. The van der Waals surface area contributed by atoms with Crippen LogP contribution in [0.5, 0.6) is 0 Å². The van der Waals surface area contributed by atoms with Gasteiger partial charge in [0.25, 0.3) is 0 Å². The number of ketones is 1. The van der Waals surface area contributed by atoms with Crippen molar-refractivity contribution in [3.63, 3.8) is 0 Å². The molecule has 0 spiro atoms. The molecule has 2 saturated carbocycles. The molecule has 304 valence electrons. The van der Waals surface area contributed by atoms with E-state index < -0.39 is 107 Å². The molecule has 1 heterocycles. The number of nitrogens with one attached hydrogen (secondary N) is 1. The third kappa shape index (κ3) is 8.50. The van der Waals surface area contributed by atoms with Gasteiger partial charge in [0.1, 0.15) is 36.1 Å². The van der Waals surface area contributed by atoms with E-state index >= 15 is 0 Å². The zero-order valence-corrected chi connectivity index (χ0v) is 42.4. The van der Waals surface area contributed by atoms with Gasteiger partial charge < -0.3 is 49.8 Å². The number of carbonyl (C=O) groups is 4. The van der Waals surface area contributed by atoms with Crippen molar-refractivity contribution in [2.75, 3.05) is 6.61 Å². The van der Waals surface area contributed by atoms with Crippen LogP contribution in [-0.4, -0.2) is 110 Å². The molecule has 1 amide bonds. The molecular formula is C41H51Ac2NO13. The Hall–Kier alpha value is -1.30. The molecule has 1 aliphatic heterocycles. The number of ether oxygens (including phenoxy) is 4. The number of carbonyl (C=O) groups excluding carboxylic acids is 4. The summed E-state index contributed by atoms with van der Waals surface area (Å²) in [6.45, 7) is 8.98. The average molecular weight is 1220 g/mol. The van der Waals surface area contributed by atoms with E-state index in [0.29, 0.717) is 0 Å². The van der Waals surface area contributed by atoms with Gasteiger partial charge in [0.15, 0.2) is 11.9 Å². The van der Waals surface area contributed by atoms with Gasteiger partial charge in [-0.3, -0.25) is 4.79 Å². The number of benzene rings is 2. The van der Waals surface area contributed by atoms with Crippen molar-refractivity contribution < 1.29 is 152 Å². The Morgan fingerprint density at radius 2 is 1.54 bits per heavy atom. The molecule has 3 fully saturated rings. The molecule has 57 heavy (non-hydrogen) atoms. The number of alkyl carbamates (subject to hydrolysis) is 1. The van der Waals surface area contributed by atoms with E-state index in [1.807, 2.05) is 6.07 Å². The molecule has 6 N–H and O–H groups in total. The summed E-state index contributed by atoms with van der Waals surface area (Å²) in [4.78, 5) is 55.1. The number of esters is 2. The predicted molar refractivity (Wildman–Crippen MR) is 194 cm³/mol. The van der Waals surface area contributed by atoms with Crippen LogP contribution < -0.4 is 5.32 Å². The second kappa shape index (κ2) is 18.4. The minimum absolute atomic E-state index is 0. The number of fused-ring (bicyclic) bond motifs is 5. The fourth-order valence-corrected chi connectivity index (χ4v) is 9.24. The van der Waals surface area contributed by atoms with E-state index in [-0.39, 0.29) is 124 Å². The molecule has 9 unspecified atom stereocenters. The summed E-state index contributed by atoms with van der Waals surface area (Å²) in [7, 11) is 0. The van der Waals surface area contributed by atoms with Gasteiger partial charge >= 0.3 is 18.0 Å². The summed E-state index contributed by atoms with van der Waals surface area (Å²) >= 11 is 0. The van der Waals surface area contributed by atoms with Gasteiger partial charge in [-0.2, -0.15) is 0 Å². The number of rotatable bonds is 9. The maximum atomic E-state index is 14.7. The Kier molecular flexibility index (Phi) is 15.6. The third-order valence-corrected chi connectivity index (χ3v) is 12.7. The van der Waals surface area contributed by atoms with Crippen LogP contribution in [0.1, 0.15) is 70.3 Å². The molecule has 16 heteroatoms. The van der Waals surface area contributed by atoms with Crippen LogP contribution in [0.2, 0.25) is 0 Å². The van der Waals surface area contributed by atoms with Gasteiger partial charge in [-0.05, 0) is 48.6 Å². The first-order valence-corrected chi connectivity index (χ1v) is 18.6. The van der Waals surface area contributed by atoms with E-state index in [4.69, 9.17) is 18.9 Å². The second-order valence-corrected chi connectivity index (χ2v) is 16.5. The standard InChI is InChI=1S/C41H51NO13.2Ac/c1-21(2)29(42-37(49)52-19-23-13-9-7-10-14-23)31(45)36(48)54-25-18-41(51)34(55-35(47)24-15-11-8-12-16-24)32-39(6,26(43)17-27-40(32,50)20-53-27)33(46)30(44)28(22(25)3)38(41,4)5;;/h7-16,21,25-27,29-32,34,43-45,50-51H,17-20H2,1-6H3,(H,42,49);;/t25?,26?,27?,29?,30?,31?,32?,34?,39-,40+,41?;;/m1../s1. The number of hydrogen-bond acceptors (Lipinski definition) is 13. The summed E-state index contributed by atoms with van der Waals surface area (Å²) in [5.74, 6) is -4.98. The first kappa shape index (κ1) is 48.4. The molecule has 3 aliphatic carbocycles. The Morgan fingerprint density at radius 1 is 0.947 bits per heavy atom. The third-order valence-electron chi connectivity index (χ3n) is 12.7. The predicted octanol–water partition coefficient (Wildman–Crippen LogP) is 2.37. The van der Waals surface area contributed by atoms with E-state index in [1.165, 1.54) is 26.0 Å². The Morgan fingerprint density at radius 3 is 2.11 bits per heavy atom. The van der Waals surface area contributed by atoms with E-state index in [0.717, 1.165) is 5.56 Å². The van der Waals surface area contributed by atoms with Gasteiger partial charge in [-0.25, -0.2) is 14.4 Å². The van der Waals surface area contributed by atoms with Crippen molar-refractivity contribution in [3.05, 3.63) is 82.9 Å². The van der Waals surface area contributed by atoms with Gasteiger partial charge in [-0.15, -0.1) is 0 Å². The molecule has 6 rings (SSSR count). The van der Waals surface area contributed by atoms with Gasteiger partial charge in [0.2, 0.25) is 0 Å². The molecule has 2 bridgehead atoms. The normalized spacial score (nSPS) is 33.6. The van der Waals surface area contributed by atoms with Crippen molar-refractivity contribution in [1.82, 2.24) is 5.32 Å². The summed E-state index contributed by atoms with van der Waals surface area (Å²) in [5.41, 5.74) is -6.74. The number of amides is 1. The SMILES string of the molecule is CC1=C2C(O)C(=O)[C@]3(C)C(O)CC4OC[C@@]4(O)C3C(OC(=O)c3ccccc3)C(O)(CC1OC(=O)C(O)C(NC(=O)OCc1ccccc1)C(C)C)C2(C)C.[Ac].[Ac]. The number of hydrogen-bond donors (Lipinski definition) is 6. The van der Waals surface area contributed by atoms with Crippen LogP contribution in [-0.2, 0) is 35.1 Å². The van der Waals surface area contributed by atoms with Crippen LogP contribution in [0.15, 0.2) is 71.8 Å². The van der Waals surface area contributed by atoms with Crippen LogP contribution >= 0.6 is 0 Å². The van der Waals surface area contributed by atoms with Crippen LogP contribution in [0.3, 0.4) is 0 Å². The minimum atomic E-state index is -2.29. The van der Waals surface area contributed by atoms with Gasteiger partial charge in [0.05, 0.1) is 35.8 Å². The van der Waals surface area contributed by atoms with Crippen LogP contribution in [0.25, 0.3) is 0 Å². The molecule has 11 atom stereocenters. The topological polar surface area (TPSA) is 218 Å². The molecular weight excluding hydrogens is 1170 g/mol. The molecule has 4 aliphatic rings. The number of Topliss-reactive ketones (excluding diaryl/α,β-unsaturated/α-hetero) is 1. The Balaban J connectivity index is 0.00000360. The first-order chi connectivity index (χ1) is 25.8. The Labute approximate surface area is 403 Å². The van der Waals surface area contributed by atoms with E-state index in [1.54, 1.807) is 70.2 Å². The van der Waals surface area contributed by atoms with Crippen molar-refractivity contribution in [3.8, 4) is 0 Å².